The van der Waals surface area contributed by atoms with E-state index >= 15 is 4.39 Å². The van der Waals surface area contributed by atoms with Gasteiger partial charge in [-0.1, -0.05) is 45.1 Å². The highest BCUT2D eigenvalue weighted by molar-refractivity contribution is 6.05. The summed E-state index contributed by atoms with van der Waals surface area (Å²) in [6.07, 6.45) is 13.5. The second kappa shape index (κ2) is 10.8. The highest BCUT2D eigenvalue weighted by atomic mass is 19.1. The summed E-state index contributed by atoms with van der Waals surface area (Å²) in [6, 6.07) is 8.44. The summed E-state index contributed by atoms with van der Waals surface area (Å²) in [4.78, 5) is 18.5. The maximum absolute atomic E-state index is 15.9. The van der Waals surface area contributed by atoms with Gasteiger partial charge in [0.1, 0.15) is 5.82 Å². The molecule has 1 aliphatic heterocycles. The molecule has 2 unspecified atom stereocenters. The monoisotopic (exact) mass is 517 g/mol. The number of nitrogens with one attached hydrogen (secondary N) is 1. The molecule has 6 heteroatoms. The fourth-order valence-corrected chi connectivity index (χ4v) is 7.35. The molecule has 2 saturated carbocycles. The van der Waals surface area contributed by atoms with Crippen molar-refractivity contribution in [1.29, 1.82) is 0 Å². The molecule has 0 radical (unpaired) electrons. The molecule has 2 aromatic carbocycles. The zero-order valence-corrected chi connectivity index (χ0v) is 22.5. The minimum atomic E-state index is -0.439. The van der Waals surface area contributed by atoms with Gasteiger partial charge in [-0.2, -0.15) is 0 Å². The SMILES string of the molecule is CCC1CNc2c(C(=O)C3CCCC[C@H](CO)C3)c(F)cc(-c3ccc4c(c3)ncn4C3CCCCC3)c21. The number of hydrogen-bond acceptors (Lipinski definition) is 4. The number of ketones is 1. The standard InChI is InChI=1S/C32H40FN3O2/c1-2-21-17-34-31-29(21)25(16-26(33)30(31)32(38)23-9-7-6-8-20(14-23)18-37)22-12-13-28-27(15-22)35-19-36(28)24-10-4-3-5-11-24/h12-13,15-16,19-21,23-24,34,37H,2-11,14,17-18H2,1H3/t20-,21?,23?/m0/s1. The summed E-state index contributed by atoms with van der Waals surface area (Å²) in [5.74, 6) is -0.427. The molecule has 0 bridgehead atoms. The van der Waals surface area contributed by atoms with Gasteiger partial charge in [0.15, 0.2) is 5.78 Å². The van der Waals surface area contributed by atoms with Gasteiger partial charge in [-0.15, -0.1) is 0 Å². The molecule has 6 rings (SSSR count). The molecule has 2 N–H and O–H groups in total. The predicted octanol–water partition coefficient (Wildman–Crippen LogP) is 7.64. The third kappa shape index (κ3) is 4.55. The molecule has 2 fully saturated rings. The van der Waals surface area contributed by atoms with Gasteiger partial charge in [-0.05, 0) is 79.3 Å². The van der Waals surface area contributed by atoms with E-state index in [9.17, 15) is 9.90 Å². The zero-order chi connectivity index (χ0) is 26.2. The topological polar surface area (TPSA) is 67.2 Å². The first kappa shape index (κ1) is 25.5. The average Bonchev–Trinajstić information content (AvgIpc) is 3.49. The van der Waals surface area contributed by atoms with Crippen molar-refractivity contribution in [3.05, 3.63) is 47.5 Å². The molecular weight excluding hydrogens is 477 g/mol. The third-order valence-corrected chi connectivity index (χ3v) is 9.51. The van der Waals surface area contributed by atoms with Crippen molar-refractivity contribution in [3.8, 4) is 11.1 Å². The number of imidazole rings is 1. The molecule has 38 heavy (non-hydrogen) atoms. The van der Waals surface area contributed by atoms with Crippen molar-refractivity contribution in [3.63, 3.8) is 0 Å². The number of carbonyl (C=O) groups is 1. The third-order valence-electron chi connectivity index (χ3n) is 9.51. The van der Waals surface area contributed by atoms with Crippen LogP contribution in [0.1, 0.15) is 105 Å². The van der Waals surface area contributed by atoms with Crippen LogP contribution >= 0.6 is 0 Å². The number of aliphatic hydroxyl groups excluding tert-OH is 1. The largest absolute Gasteiger partial charge is 0.396 e. The number of aromatic nitrogens is 2. The van der Waals surface area contributed by atoms with E-state index in [4.69, 9.17) is 4.98 Å². The smallest absolute Gasteiger partial charge is 0.170 e. The van der Waals surface area contributed by atoms with Crippen LogP contribution in [0.2, 0.25) is 0 Å². The van der Waals surface area contributed by atoms with Crippen LogP contribution in [-0.4, -0.2) is 33.6 Å². The molecule has 0 saturated heterocycles. The Morgan fingerprint density at radius 2 is 1.89 bits per heavy atom. The Balaban J connectivity index is 1.40. The van der Waals surface area contributed by atoms with Crippen molar-refractivity contribution in [1.82, 2.24) is 9.55 Å². The normalized spacial score (nSPS) is 24.2. The van der Waals surface area contributed by atoms with Crippen molar-refractivity contribution < 1.29 is 14.3 Å². The Bertz CT molecular complexity index is 1330. The van der Waals surface area contributed by atoms with E-state index in [1.54, 1.807) is 6.07 Å². The summed E-state index contributed by atoms with van der Waals surface area (Å²) in [5.41, 5.74) is 5.89. The van der Waals surface area contributed by atoms with Gasteiger partial charge in [0, 0.05) is 31.0 Å². The van der Waals surface area contributed by atoms with Crippen molar-refractivity contribution in [2.75, 3.05) is 18.5 Å². The Kier molecular flexibility index (Phi) is 7.26. The molecule has 2 heterocycles. The lowest BCUT2D eigenvalue weighted by Crippen LogP contribution is -2.21. The second-order valence-corrected chi connectivity index (χ2v) is 11.8. The minimum absolute atomic E-state index is 0.0957. The number of hydrogen-bond donors (Lipinski definition) is 2. The first-order chi connectivity index (χ1) is 18.6. The van der Waals surface area contributed by atoms with Crippen LogP contribution in [0.25, 0.3) is 22.2 Å². The average molecular weight is 518 g/mol. The van der Waals surface area contributed by atoms with E-state index in [2.05, 4.69) is 35.0 Å². The number of halogens is 1. The molecule has 0 spiro atoms. The number of fused-ring (bicyclic) bond motifs is 2. The lowest BCUT2D eigenvalue weighted by molar-refractivity contribution is 0.0882. The summed E-state index contributed by atoms with van der Waals surface area (Å²) in [7, 11) is 0. The van der Waals surface area contributed by atoms with Gasteiger partial charge < -0.3 is 15.0 Å². The van der Waals surface area contributed by atoms with E-state index in [0.717, 1.165) is 59.8 Å². The quantitative estimate of drug-likeness (QED) is 0.260. The van der Waals surface area contributed by atoms with Crippen molar-refractivity contribution >= 4 is 22.5 Å². The van der Waals surface area contributed by atoms with E-state index in [-0.39, 0.29) is 35.7 Å². The zero-order valence-electron chi connectivity index (χ0n) is 22.5. The molecular formula is C32H40FN3O2. The maximum Gasteiger partial charge on any atom is 0.170 e. The Hall–Kier alpha value is -2.73. The van der Waals surface area contributed by atoms with Crippen LogP contribution in [0.3, 0.4) is 0 Å². The van der Waals surface area contributed by atoms with Gasteiger partial charge >= 0.3 is 0 Å². The van der Waals surface area contributed by atoms with Crippen LogP contribution in [0.4, 0.5) is 10.1 Å². The number of rotatable bonds is 6. The van der Waals surface area contributed by atoms with E-state index in [1.807, 2.05) is 6.33 Å². The molecule has 5 nitrogen and oxygen atoms in total. The minimum Gasteiger partial charge on any atom is -0.396 e. The molecule has 3 aromatic rings. The van der Waals surface area contributed by atoms with Crippen LogP contribution < -0.4 is 5.32 Å². The highest BCUT2D eigenvalue weighted by Gasteiger charge is 2.35. The second-order valence-electron chi connectivity index (χ2n) is 11.8. The molecule has 3 aliphatic rings. The van der Waals surface area contributed by atoms with Crippen LogP contribution in [0.15, 0.2) is 30.6 Å². The van der Waals surface area contributed by atoms with Crippen molar-refractivity contribution in [2.45, 2.75) is 89.5 Å². The lowest BCUT2D eigenvalue weighted by atomic mass is 9.83. The summed E-state index contributed by atoms with van der Waals surface area (Å²) in [5, 5.41) is 13.2. The number of anilines is 1. The molecule has 3 atom stereocenters. The van der Waals surface area contributed by atoms with Gasteiger partial charge in [-0.3, -0.25) is 4.79 Å². The number of Topliss-reactive ketones (excluding diaryl/α,β-unsaturated/α-hetero) is 1. The number of nitrogens with zero attached hydrogens (tertiary/aromatic N) is 2. The molecule has 2 aliphatic carbocycles. The van der Waals surface area contributed by atoms with Crippen molar-refractivity contribution in [2.24, 2.45) is 11.8 Å². The fraction of sp³-hybridized carbons (Fsp3) is 0.562. The van der Waals surface area contributed by atoms with Crippen LogP contribution in [-0.2, 0) is 0 Å². The van der Waals surface area contributed by atoms with Gasteiger partial charge in [0.2, 0.25) is 0 Å². The first-order valence-electron chi connectivity index (χ1n) is 14.8. The Morgan fingerprint density at radius 1 is 1.11 bits per heavy atom. The highest BCUT2D eigenvalue weighted by Crippen LogP contribution is 2.46. The predicted molar refractivity (Wildman–Crippen MR) is 150 cm³/mol. The summed E-state index contributed by atoms with van der Waals surface area (Å²) >= 11 is 0. The van der Waals surface area contributed by atoms with Crippen LogP contribution in [0, 0.1) is 17.7 Å². The molecule has 202 valence electrons. The van der Waals surface area contributed by atoms with E-state index < -0.39 is 5.82 Å². The summed E-state index contributed by atoms with van der Waals surface area (Å²) < 4.78 is 18.3. The van der Waals surface area contributed by atoms with Gasteiger partial charge in [0.05, 0.1) is 28.6 Å². The molecule has 0 amide bonds. The first-order valence-corrected chi connectivity index (χ1v) is 14.8. The van der Waals surface area contributed by atoms with E-state index in [0.29, 0.717) is 24.7 Å². The van der Waals surface area contributed by atoms with Gasteiger partial charge in [-0.25, -0.2) is 9.37 Å². The Labute approximate surface area is 224 Å². The van der Waals surface area contributed by atoms with Crippen LogP contribution in [0.5, 0.6) is 0 Å². The fourth-order valence-electron chi connectivity index (χ4n) is 7.35. The lowest BCUT2D eigenvalue weighted by Gasteiger charge is -2.23. The number of carbonyl (C=O) groups excluding carboxylic acids is 1. The number of aliphatic hydroxyl groups is 1. The van der Waals surface area contributed by atoms with Gasteiger partial charge in [0.25, 0.3) is 0 Å². The maximum atomic E-state index is 15.9. The Morgan fingerprint density at radius 3 is 2.68 bits per heavy atom. The van der Waals surface area contributed by atoms with E-state index in [1.165, 1.54) is 32.1 Å². The summed E-state index contributed by atoms with van der Waals surface area (Å²) in [6.45, 7) is 2.96. The number of benzene rings is 2. The molecule has 1 aromatic heterocycles.